The average molecular weight is 297 g/mol. The maximum atomic E-state index is 12.5. The van der Waals surface area contributed by atoms with E-state index in [4.69, 9.17) is 11.6 Å². The number of amides is 1. The van der Waals surface area contributed by atoms with Gasteiger partial charge in [0.15, 0.2) is 0 Å². The summed E-state index contributed by atoms with van der Waals surface area (Å²) in [7, 11) is 0. The highest BCUT2D eigenvalue weighted by atomic mass is 35.5. The van der Waals surface area contributed by atoms with E-state index in [2.05, 4.69) is 0 Å². The first kappa shape index (κ1) is 14.8. The molecule has 1 aliphatic rings. The lowest BCUT2D eigenvalue weighted by Gasteiger charge is -2.37. The van der Waals surface area contributed by atoms with Gasteiger partial charge in [-0.2, -0.15) is 0 Å². The third kappa shape index (κ3) is 2.93. The second kappa shape index (κ2) is 6.22. The molecule has 0 saturated heterocycles. The van der Waals surface area contributed by atoms with Crippen molar-refractivity contribution in [3.05, 3.63) is 39.4 Å². The predicted octanol–water partition coefficient (Wildman–Crippen LogP) is 3.14. The summed E-state index contributed by atoms with van der Waals surface area (Å²) in [6.07, 6.45) is 3.08. The topological polar surface area (TPSA) is 63.5 Å². The molecule has 1 aromatic carbocycles. The quantitative estimate of drug-likeness (QED) is 0.476. The van der Waals surface area contributed by atoms with Gasteiger partial charge in [-0.1, -0.05) is 6.07 Å². The largest absolute Gasteiger partial charge is 0.334 e. The molecule has 1 amide bonds. The van der Waals surface area contributed by atoms with Gasteiger partial charge in [-0.25, -0.2) is 0 Å². The fraction of sp³-hybridized carbons (Fsp3) is 0.500. The van der Waals surface area contributed by atoms with E-state index in [9.17, 15) is 14.9 Å². The zero-order valence-corrected chi connectivity index (χ0v) is 12.1. The number of halogens is 1. The number of benzene rings is 1. The smallest absolute Gasteiger partial charge is 0.273 e. The number of hydrogen-bond acceptors (Lipinski definition) is 3. The van der Waals surface area contributed by atoms with Gasteiger partial charge in [-0.05, 0) is 32.3 Å². The molecule has 0 spiro atoms. The molecule has 0 aromatic heterocycles. The van der Waals surface area contributed by atoms with Crippen molar-refractivity contribution in [1.82, 2.24) is 4.90 Å². The molecular weight excluding hydrogens is 280 g/mol. The summed E-state index contributed by atoms with van der Waals surface area (Å²) < 4.78 is 0. The van der Waals surface area contributed by atoms with Gasteiger partial charge < -0.3 is 4.90 Å². The zero-order chi connectivity index (χ0) is 14.7. The molecule has 0 bridgehead atoms. The Labute approximate surface area is 122 Å². The molecular formula is C14H17ClN2O3. The van der Waals surface area contributed by atoms with Gasteiger partial charge in [-0.3, -0.25) is 14.9 Å². The molecule has 5 nitrogen and oxygen atoms in total. The van der Waals surface area contributed by atoms with Gasteiger partial charge in [0.05, 0.1) is 4.92 Å². The van der Waals surface area contributed by atoms with E-state index in [-0.39, 0.29) is 17.6 Å². The minimum atomic E-state index is -0.457. The lowest BCUT2D eigenvalue weighted by molar-refractivity contribution is -0.385. The second-order valence-electron chi connectivity index (χ2n) is 5.03. The molecule has 108 valence electrons. The maximum absolute atomic E-state index is 12.5. The van der Waals surface area contributed by atoms with Crippen LogP contribution in [-0.4, -0.2) is 34.2 Å². The highest BCUT2D eigenvalue weighted by Crippen LogP contribution is 2.27. The highest BCUT2D eigenvalue weighted by molar-refractivity contribution is 6.18. The van der Waals surface area contributed by atoms with Gasteiger partial charge in [0.1, 0.15) is 0 Å². The molecule has 2 rings (SSSR count). The summed E-state index contributed by atoms with van der Waals surface area (Å²) in [6.45, 7) is 2.14. The van der Waals surface area contributed by atoms with Crippen LogP contribution in [0.4, 0.5) is 5.69 Å². The van der Waals surface area contributed by atoms with Crippen molar-refractivity contribution in [2.45, 2.75) is 32.2 Å². The van der Waals surface area contributed by atoms with E-state index in [0.717, 1.165) is 19.3 Å². The van der Waals surface area contributed by atoms with Crippen molar-refractivity contribution in [2.75, 3.05) is 12.4 Å². The van der Waals surface area contributed by atoms with E-state index < -0.39 is 4.92 Å². The Morgan fingerprint density at radius 3 is 2.70 bits per heavy atom. The predicted molar refractivity (Wildman–Crippen MR) is 77.2 cm³/mol. The number of carbonyl (C=O) groups excluding carboxylic acids is 1. The molecule has 0 radical (unpaired) electrons. The maximum Gasteiger partial charge on any atom is 0.273 e. The number of hydrogen-bond donors (Lipinski definition) is 0. The fourth-order valence-electron chi connectivity index (χ4n) is 2.34. The van der Waals surface area contributed by atoms with E-state index >= 15 is 0 Å². The molecule has 1 aromatic rings. The lowest BCUT2D eigenvalue weighted by Crippen LogP contribution is -2.45. The first-order valence-corrected chi connectivity index (χ1v) is 7.20. The molecule has 1 aliphatic carbocycles. The van der Waals surface area contributed by atoms with Crippen molar-refractivity contribution >= 4 is 23.2 Å². The Hall–Kier alpha value is -1.62. The molecule has 1 saturated carbocycles. The molecule has 0 atom stereocenters. The number of carbonyl (C=O) groups is 1. The monoisotopic (exact) mass is 296 g/mol. The van der Waals surface area contributed by atoms with Crippen LogP contribution in [0.2, 0.25) is 0 Å². The Balaban J connectivity index is 2.26. The molecule has 0 aliphatic heterocycles. The van der Waals surface area contributed by atoms with Crippen LogP contribution in [0.15, 0.2) is 18.2 Å². The van der Waals surface area contributed by atoms with Crippen LogP contribution in [-0.2, 0) is 0 Å². The number of aryl methyl sites for hydroxylation is 1. The molecule has 0 heterocycles. The average Bonchev–Trinajstić information content (AvgIpc) is 2.35. The zero-order valence-electron chi connectivity index (χ0n) is 11.3. The summed E-state index contributed by atoms with van der Waals surface area (Å²) in [5, 5.41) is 11.0. The fourth-order valence-corrected chi connectivity index (χ4v) is 2.53. The van der Waals surface area contributed by atoms with E-state index in [1.807, 2.05) is 0 Å². The van der Waals surface area contributed by atoms with Gasteiger partial charge in [-0.15, -0.1) is 11.6 Å². The van der Waals surface area contributed by atoms with Crippen LogP contribution in [0, 0.1) is 17.0 Å². The summed E-state index contributed by atoms with van der Waals surface area (Å²) in [6, 6.07) is 4.84. The van der Waals surface area contributed by atoms with Crippen molar-refractivity contribution in [3.63, 3.8) is 0 Å². The van der Waals surface area contributed by atoms with Crippen LogP contribution in [0.3, 0.4) is 0 Å². The standard InChI is InChI=1S/C14H17ClN2O3/c1-10-5-6-11(9-13(10)17(19)20)14(18)16(8-7-15)12-3-2-4-12/h5-6,9,12H,2-4,7-8H2,1H3. The summed E-state index contributed by atoms with van der Waals surface area (Å²) >= 11 is 5.76. The minimum Gasteiger partial charge on any atom is -0.334 e. The number of rotatable bonds is 5. The van der Waals surface area contributed by atoms with Crippen LogP contribution in [0.5, 0.6) is 0 Å². The normalized spacial score (nSPS) is 14.7. The summed E-state index contributed by atoms with van der Waals surface area (Å²) in [4.78, 5) is 24.7. The number of nitro benzene ring substituents is 1. The van der Waals surface area contributed by atoms with Gasteiger partial charge in [0, 0.05) is 35.7 Å². The van der Waals surface area contributed by atoms with Crippen LogP contribution >= 0.6 is 11.6 Å². The van der Waals surface area contributed by atoms with Crippen LogP contribution in [0.1, 0.15) is 35.2 Å². The molecule has 6 heteroatoms. The Bertz CT molecular complexity index is 529. The SMILES string of the molecule is Cc1ccc(C(=O)N(CCCl)C2CCC2)cc1[N+](=O)[O-]. The molecule has 20 heavy (non-hydrogen) atoms. The number of nitrogens with zero attached hydrogens (tertiary/aromatic N) is 2. The van der Waals surface area contributed by atoms with Crippen molar-refractivity contribution < 1.29 is 9.72 Å². The van der Waals surface area contributed by atoms with E-state index in [1.165, 1.54) is 6.07 Å². The van der Waals surface area contributed by atoms with E-state index in [1.54, 1.807) is 24.0 Å². The Morgan fingerprint density at radius 1 is 1.50 bits per heavy atom. The Kier molecular flexibility index (Phi) is 4.60. The number of alkyl halides is 1. The van der Waals surface area contributed by atoms with Crippen molar-refractivity contribution in [2.24, 2.45) is 0 Å². The van der Waals surface area contributed by atoms with Crippen molar-refractivity contribution in [1.29, 1.82) is 0 Å². The third-order valence-corrected chi connectivity index (χ3v) is 3.92. The van der Waals surface area contributed by atoms with Crippen LogP contribution in [0.25, 0.3) is 0 Å². The minimum absolute atomic E-state index is 0.0183. The van der Waals surface area contributed by atoms with Crippen molar-refractivity contribution in [3.8, 4) is 0 Å². The first-order valence-electron chi connectivity index (χ1n) is 6.66. The van der Waals surface area contributed by atoms with Gasteiger partial charge >= 0.3 is 0 Å². The van der Waals surface area contributed by atoms with Gasteiger partial charge in [0.25, 0.3) is 11.6 Å². The van der Waals surface area contributed by atoms with E-state index in [0.29, 0.717) is 23.6 Å². The molecule has 1 fully saturated rings. The highest BCUT2D eigenvalue weighted by Gasteiger charge is 2.29. The third-order valence-electron chi connectivity index (χ3n) is 3.75. The molecule has 0 N–H and O–H groups in total. The van der Waals surface area contributed by atoms with Crippen LogP contribution < -0.4 is 0 Å². The second-order valence-corrected chi connectivity index (χ2v) is 5.41. The summed E-state index contributed by atoms with van der Waals surface area (Å²) in [5.41, 5.74) is 0.897. The summed E-state index contributed by atoms with van der Waals surface area (Å²) in [5.74, 6) is 0.203. The molecule has 0 unspecified atom stereocenters. The lowest BCUT2D eigenvalue weighted by atomic mass is 9.91. The number of nitro groups is 1. The Morgan fingerprint density at radius 2 is 2.20 bits per heavy atom. The van der Waals surface area contributed by atoms with Gasteiger partial charge in [0.2, 0.25) is 0 Å². The first-order chi connectivity index (χ1) is 9.54.